The van der Waals surface area contributed by atoms with Crippen LogP contribution in [0.4, 0.5) is 13.2 Å². The zero-order valence-corrected chi connectivity index (χ0v) is 16.2. The molecule has 2 aromatic carbocycles. The SMILES string of the molecule is Fc1ccccc1CC[C@@H]1CN(Cc2c[nH]c3cc(Cl)ccc23)CCC1(F)F. The second-order valence-electron chi connectivity index (χ2n) is 7.58. The molecule has 0 spiro atoms. The molecule has 1 N–H and O–H groups in total. The maximum absolute atomic E-state index is 14.5. The Balaban J connectivity index is 1.45. The van der Waals surface area contributed by atoms with Gasteiger partial charge in [-0.1, -0.05) is 35.9 Å². The van der Waals surface area contributed by atoms with E-state index in [1.807, 2.05) is 24.4 Å². The first-order chi connectivity index (χ1) is 13.4. The highest BCUT2D eigenvalue weighted by Gasteiger charge is 2.43. The average Bonchev–Trinajstić information content (AvgIpc) is 3.05. The van der Waals surface area contributed by atoms with Crippen LogP contribution in [0.2, 0.25) is 5.02 Å². The van der Waals surface area contributed by atoms with Crippen molar-refractivity contribution < 1.29 is 13.2 Å². The van der Waals surface area contributed by atoms with Crippen LogP contribution in [-0.2, 0) is 13.0 Å². The van der Waals surface area contributed by atoms with Crippen LogP contribution in [0.15, 0.2) is 48.7 Å². The molecule has 1 aliphatic heterocycles. The Hall–Kier alpha value is -1.98. The zero-order chi connectivity index (χ0) is 19.7. The van der Waals surface area contributed by atoms with E-state index in [2.05, 4.69) is 9.88 Å². The number of halogens is 4. The van der Waals surface area contributed by atoms with Crippen LogP contribution in [0.3, 0.4) is 0 Å². The lowest BCUT2D eigenvalue weighted by atomic mass is 9.88. The van der Waals surface area contributed by atoms with Crippen molar-refractivity contribution in [2.45, 2.75) is 31.7 Å². The minimum Gasteiger partial charge on any atom is -0.361 e. The van der Waals surface area contributed by atoms with Gasteiger partial charge in [-0.25, -0.2) is 13.2 Å². The normalized spacial score (nSPS) is 19.9. The topological polar surface area (TPSA) is 19.0 Å². The standard InChI is InChI=1S/C22H22ClF3N2/c23-18-7-8-19-16(12-27-21(19)11-18)13-28-10-9-22(25,26)17(14-28)6-5-15-3-1-2-4-20(15)24/h1-4,7-8,11-12,17,27H,5-6,9-10,13-14H2/t17-/m1/s1. The van der Waals surface area contributed by atoms with E-state index in [1.165, 1.54) is 6.07 Å². The van der Waals surface area contributed by atoms with E-state index in [9.17, 15) is 13.2 Å². The molecule has 6 heteroatoms. The molecule has 4 rings (SSSR count). The van der Waals surface area contributed by atoms with Gasteiger partial charge in [0.1, 0.15) is 5.82 Å². The lowest BCUT2D eigenvalue weighted by Crippen LogP contribution is -2.46. The second kappa shape index (κ2) is 7.80. The lowest BCUT2D eigenvalue weighted by Gasteiger charge is -2.38. The molecule has 28 heavy (non-hydrogen) atoms. The second-order valence-corrected chi connectivity index (χ2v) is 8.01. The van der Waals surface area contributed by atoms with Crippen LogP contribution in [-0.4, -0.2) is 28.9 Å². The number of rotatable bonds is 5. The predicted molar refractivity (Wildman–Crippen MR) is 106 cm³/mol. The van der Waals surface area contributed by atoms with E-state index in [0.29, 0.717) is 36.6 Å². The van der Waals surface area contributed by atoms with Crippen molar-refractivity contribution in [2.24, 2.45) is 5.92 Å². The number of aromatic nitrogens is 1. The molecule has 148 valence electrons. The molecule has 1 atom stereocenters. The highest BCUT2D eigenvalue weighted by Crippen LogP contribution is 2.37. The number of piperidine rings is 1. The number of hydrogen-bond acceptors (Lipinski definition) is 1. The van der Waals surface area contributed by atoms with Crippen LogP contribution in [0.25, 0.3) is 10.9 Å². The molecule has 0 radical (unpaired) electrons. The Kier molecular flexibility index (Phi) is 5.39. The molecule has 0 amide bonds. The van der Waals surface area contributed by atoms with Crippen LogP contribution in [0, 0.1) is 11.7 Å². The van der Waals surface area contributed by atoms with E-state index in [0.717, 1.165) is 16.5 Å². The first kappa shape index (κ1) is 19.3. The summed E-state index contributed by atoms with van der Waals surface area (Å²) in [6, 6.07) is 12.1. The number of nitrogens with one attached hydrogen (secondary N) is 1. The summed E-state index contributed by atoms with van der Waals surface area (Å²) in [6.07, 6.45) is 2.35. The molecular formula is C22H22ClF3N2. The largest absolute Gasteiger partial charge is 0.361 e. The maximum Gasteiger partial charge on any atom is 0.253 e. The molecule has 1 fully saturated rings. The minimum absolute atomic E-state index is 0.164. The highest BCUT2D eigenvalue weighted by molar-refractivity contribution is 6.31. The Labute approximate surface area is 167 Å². The van der Waals surface area contributed by atoms with Gasteiger partial charge in [-0.05, 0) is 42.2 Å². The number of nitrogens with zero attached hydrogens (tertiary/aromatic N) is 1. The molecule has 0 unspecified atom stereocenters. The highest BCUT2D eigenvalue weighted by atomic mass is 35.5. The Morgan fingerprint density at radius 2 is 1.96 bits per heavy atom. The van der Waals surface area contributed by atoms with E-state index >= 15 is 0 Å². The summed E-state index contributed by atoms with van der Waals surface area (Å²) in [7, 11) is 0. The average molecular weight is 407 g/mol. The van der Waals surface area contributed by atoms with Gasteiger partial charge in [-0.3, -0.25) is 4.90 Å². The number of aromatic amines is 1. The summed E-state index contributed by atoms with van der Waals surface area (Å²) in [5.74, 6) is -3.81. The fourth-order valence-corrected chi connectivity index (χ4v) is 4.23. The summed E-state index contributed by atoms with van der Waals surface area (Å²) in [5, 5.41) is 1.72. The van der Waals surface area contributed by atoms with Gasteiger partial charge in [0.05, 0.1) is 0 Å². The number of alkyl halides is 2. The van der Waals surface area contributed by atoms with Crippen molar-refractivity contribution in [3.05, 3.63) is 70.6 Å². The van der Waals surface area contributed by atoms with Crippen molar-refractivity contribution in [3.8, 4) is 0 Å². The van der Waals surface area contributed by atoms with Crippen LogP contribution in [0.1, 0.15) is 24.0 Å². The molecule has 1 aliphatic rings. The molecule has 2 heterocycles. The first-order valence-corrected chi connectivity index (χ1v) is 9.89. The van der Waals surface area contributed by atoms with Gasteiger partial charge in [-0.2, -0.15) is 0 Å². The molecule has 1 aromatic heterocycles. The minimum atomic E-state index is -2.71. The maximum atomic E-state index is 14.5. The number of hydrogen-bond donors (Lipinski definition) is 1. The molecule has 0 bridgehead atoms. The van der Waals surface area contributed by atoms with Crippen molar-refractivity contribution in [1.29, 1.82) is 0 Å². The van der Waals surface area contributed by atoms with Gasteiger partial charge in [-0.15, -0.1) is 0 Å². The molecule has 2 nitrogen and oxygen atoms in total. The molecule has 0 aliphatic carbocycles. The Morgan fingerprint density at radius 1 is 1.14 bits per heavy atom. The summed E-state index contributed by atoms with van der Waals surface area (Å²) < 4.78 is 42.8. The van der Waals surface area contributed by atoms with Gasteiger partial charge < -0.3 is 4.98 Å². The third kappa shape index (κ3) is 4.06. The Bertz CT molecular complexity index is 969. The Morgan fingerprint density at radius 3 is 2.79 bits per heavy atom. The van der Waals surface area contributed by atoms with Crippen LogP contribution in [0.5, 0.6) is 0 Å². The number of aryl methyl sites for hydroxylation is 1. The van der Waals surface area contributed by atoms with E-state index < -0.39 is 11.8 Å². The summed E-state index contributed by atoms with van der Waals surface area (Å²) in [4.78, 5) is 5.27. The van der Waals surface area contributed by atoms with E-state index in [4.69, 9.17) is 11.6 Å². The van der Waals surface area contributed by atoms with Crippen molar-refractivity contribution in [3.63, 3.8) is 0 Å². The first-order valence-electron chi connectivity index (χ1n) is 9.51. The quantitative estimate of drug-likeness (QED) is 0.546. The van der Waals surface area contributed by atoms with Gasteiger partial charge in [0, 0.05) is 54.1 Å². The molecular weight excluding hydrogens is 385 g/mol. The monoisotopic (exact) mass is 406 g/mol. The van der Waals surface area contributed by atoms with Gasteiger partial charge in [0.2, 0.25) is 0 Å². The number of likely N-dealkylation sites (tertiary alicyclic amines) is 1. The molecule has 0 saturated carbocycles. The summed E-state index contributed by atoms with van der Waals surface area (Å²) >= 11 is 6.03. The number of fused-ring (bicyclic) bond motifs is 1. The fraction of sp³-hybridized carbons (Fsp3) is 0.364. The summed E-state index contributed by atoms with van der Waals surface area (Å²) in [6.45, 7) is 1.26. The molecule has 1 saturated heterocycles. The zero-order valence-electron chi connectivity index (χ0n) is 15.4. The smallest absolute Gasteiger partial charge is 0.253 e. The third-order valence-electron chi connectivity index (χ3n) is 5.68. The van der Waals surface area contributed by atoms with Crippen molar-refractivity contribution >= 4 is 22.5 Å². The number of benzene rings is 2. The summed E-state index contributed by atoms with van der Waals surface area (Å²) in [5.41, 5.74) is 2.52. The fourth-order valence-electron chi connectivity index (χ4n) is 4.06. The lowest BCUT2D eigenvalue weighted by molar-refractivity contribution is -0.109. The van der Waals surface area contributed by atoms with Crippen LogP contribution >= 0.6 is 11.6 Å². The number of H-pyrrole nitrogens is 1. The van der Waals surface area contributed by atoms with Gasteiger partial charge >= 0.3 is 0 Å². The van der Waals surface area contributed by atoms with Crippen molar-refractivity contribution in [2.75, 3.05) is 13.1 Å². The van der Waals surface area contributed by atoms with Crippen molar-refractivity contribution in [1.82, 2.24) is 9.88 Å². The van der Waals surface area contributed by atoms with E-state index in [-0.39, 0.29) is 18.7 Å². The van der Waals surface area contributed by atoms with Gasteiger partial charge in [0.25, 0.3) is 5.92 Å². The van der Waals surface area contributed by atoms with Crippen LogP contribution < -0.4 is 0 Å². The third-order valence-corrected chi connectivity index (χ3v) is 5.92. The molecule has 3 aromatic rings. The van der Waals surface area contributed by atoms with E-state index in [1.54, 1.807) is 18.2 Å². The van der Waals surface area contributed by atoms with Gasteiger partial charge in [0.15, 0.2) is 0 Å². The predicted octanol–water partition coefficient (Wildman–Crippen LogP) is 6.05.